The molecule has 0 aliphatic heterocycles. The molecule has 5 heteroatoms. The van der Waals surface area contributed by atoms with Gasteiger partial charge in [-0.25, -0.2) is 0 Å². The fraction of sp³-hybridized carbons (Fsp3) is 0.200. The molecule has 0 atom stereocenters. The van der Waals surface area contributed by atoms with Gasteiger partial charge in [-0.05, 0) is 44.0 Å². The van der Waals surface area contributed by atoms with Gasteiger partial charge in [0.05, 0.1) is 16.8 Å². The summed E-state index contributed by atoms with van der Waals surface area (Å²) < 4.78 is 0. The minimum atomic E-state index is -0.145. The van der Waals surface area contributed by atoms with Crippen molar-refractivity contribution < 1.29 is 9.59 Å². The summed E-state index contributed by atoms with van der Waals surface area (Å²) in [6.45, 7) is 4.69. The number of halogens is 1. The lowest BCUT2D eigenvalue weighted by Crippen LogP contribution is -2.24. The van der Waals surface area contributed by atoms with Crippen molar-refractivity contribution in [1.29, 1.82) is 0 Å². The summed E-state index contributed by atoms with van der Waals surface area (Å²) in [5, 5.41) is 6.66. The molecule has 1 aliphatic carbocycles. The fourth-order valence-electron chi connectivity index (χ4n) is 3.86. The molecular formula is C25H23ClN2O2. The van der Waals surface area contributed by atoms with Crippen LogP contribution in [0.25, 0.3) is 0 Å². The van der Waals surface area contributed by atoms with E-state index in [2.05, 4.69) is 16.7 Å². The maximum Gasteiger partial charge on any atom is 0.196 e. The maximum absolute atomic E-state index is 13.4. The predicted molar refractivity (Wildman–Crippen MR) is 123 cm³/mol. The van der Waals surface area contributed by atoms with Crippen LogP contribution in [0.3, 0.4) is 0 Å². The Balaban J connectivity index is 1.85. The number of nitrogens with one attached hydrogen (secondary N) is 2. The Morgan fingerprint density at radius 1 is 0.800 bits per heavy atom. The van der Waals surface area contributed by atoms with Gasteiger partial charge in [0.1, 0.15) is 0 Å². The molecule has 0 heterocycles. The van der Waals surface area contributed by atoms with Crippen LogP contribution < -0.4 is 10.6 Å². The number of carbonyl (C=O) groups excluding carboxylic acids is 2. The lowest BCUT2D eigenvalue weighted by Gasteiger charge is -2.24. The minimum absolute atomic E-state index is 0.141. The molecule has 2 N–H and O–H groups in total. The molecule has 0 saturated carbocycles. The zero-order valence-corrected chi connectivity index (χ0v) is 17.8. The standard InChI is InChI=1S/C25H23ClN2O2/c1-15-8-9-19(16(2)14-15)28-21-11-10-20(27-13-5-12-26)22-23(21)25(30)18-7-4-3-6-17(18)24(22)29/h3-4,6-11,14,27-28H,5,12-13H2,1-2H3. The molecule has 152 valence electrons. The first-order valence-electron chi connectivity index (χ1n) is 10.0. The zero-order chi connectivity index (χ0) is 21.3. The molecule has 0 spiro atoms. The molecule has 0 saturated heterocycles. The second kappa shape index (κ2) is 8.33. The molecule has 4 rings (SSSR count). The first-order chi connectivity index (χ1) is 14.5. The number of fused-ring (bicyclic) bond motifs is 2. The third-order valence-corrected chi connectivity index (χ3v) is 5.62. The van der Waals surface area contributed by atoms with Crippen LogP contribution in [0.2, 0.25) is 0 Å². The van der Waals surface area contributed by atoms with E-state index in [0.29, 0.717) is 46.1 Å². The van der Waals surface area contributed by atoms with Crippen molar-refractivity contribution in [3.8, 4) is 0 Å². The Morgan fingerprint density at radius 2 is 1.40 bits per heavy atom. The van der Waals surface area contributed by atoms with Crippen LogP contribution in [0.5, 0.6) is 0 Å². The van der Waals surface area contributed by atoms with E-state index in [1.54, 1.807) is 24.3 Å². The molecule has 3 aromatic rings. The highest BCUT2D eigenvalue weighted by Crippen LogP contribution is 2.38. The van der Waals surface area contributed by atoms with Crippen molar-refractivity contribution >= 4 is 40.2 Å². The number of carbonyl (C=O) groups is 2. The number of hydrogen-bond acceptors (Lipinski definition) is 4. The van der Waals surface area contributed by atoms with Gasteiger partial charge < -0.3 is 10.6 Å². The Bertz CT molecular complexity index is 1150. The van der Waals surface area contributed by atoms with Crippen molar-refractivity contribution in [2.45, 2.75) is 20.3 Å². The molecule has 30 heavy (non-hydrogen) atoms. The molecule has 0 fully saturated rings. The first-order valence-corrected chi connectivity index (χ1v) is 10.5. The van der Waals surface area contributed by atoms with E-state index in [9.17, 15) is 9.59 Å². The lowest BCUT2D eigenvalue weighted by atomic mass is 9.82. The molecule has 0 amide bonds. The minimum Gasteiger partial charge on any atom is -0.384 e. The summed E-state index contributed by atoms with van der Waals surface area (Å²) in [5.41, 5.74) is 6.15. The summed E-state index contributed by atoms with van der Waals surface area (Å²) in [4.78, 5) is 26.8. The Hall–Kier alpha value is -3.11. The summed E-state index contributed by atoms with van der Waals surface area (Å²) >= 11 is 5.80. The molecule has 1 aliphatic rings. The highest BCUT2D eigenvalue weighted by molar-refractivity contribution is 6.32. The van der Waals surface area contributed by atoms with Crippen molar-refractivity contribution in [3.63, 3.8) is 0 Å². The third-order valence-electron chi connectivity index (χ3n) is 5.35. The van der Waals surface area contributed by atoms with Crippen LogP contribution in [0, 0.1) is 13.8 Å². The number of hydrogen-bond donors (Lipinski definition) is 2. The molecule has 3 aromatic carbocycles. The van der Waals surface area contributed by atoms with Crippen LogP contribution >= 0.6 is 11.6 Å². The second-order valence-corrected chi connectivity index (χ2v) is 7.91. The van der Waals surface area contributed by atoms with Crippen LogP contribution in [-0.4, -0.2) is 24.0 Å². The van der Waals surface area contributed by atoms with Crippen LogP contribution in [0.1, 0.15) is 49.4 Å². The van der Waals surface area contributed by atoms with Gasteiger partial charge in [0.15, 0.2) is 11.6 Å². The molecule has 0 unspecified atom stereocenters. The molecule has 0 radical (unpaired) electrons. The topological polar surface area (TPSA) is 58.2 Å². The summed E-state index contributed by atoms with van der Waals surface area (Å²) in [6.07, 6.45) is 0.762. The molecule has 4 nitrogen and oxygen atoms in total. The van der Waals surface area contributed by atoms with E-state index in [4.69, 9.17) is 11.6 Å². The Labute approximate surface area is 181 Å². The van der Waals surface area contributed by atoms with E-state index in [1.165, 1.54) is 5.56 Å². The van der Waals surface area contributed by atoms with Gasteiger partial charge in [-0.3, -0.25) is 9.59 Å². The normalized spacial score (nSPS) is 12.4. The van der Waals surface area contributed by atoms with Crippen LogP contribution in [0.15, 0.2) is 54.6 Å². The number of anilines is 3. The van der Waals surface area contributed by atoms with Crippen molar-refractivity contribution in [2.75, 3.05) is 23.1 Å². The van der Waals surface area contributed by atoms with Gasteiger partial charge in [0.25, 0.3) is 0 Å². The van der Waals surface area contributed by atoms with Crippen molar-refractivity contribution in [3.05, 3.63) is 88.0 Å². The number of alkyl halides is 1. The molecule has 0 bridgehead atoms. The lowest BCUT2D eigenvalue weighted by molar-refractivity contribution is 0.0980. The van der Waals surface area contributed by atoms with Gasteiger partial charge in [-0.15, -0.1) is 11.6 Å². The Morgan fingerprint density at radius 3 is 2.03 bits per heavy atom. The van der Waals surface area contributed by atoms with Crippen LogP contribution in [-0.2, 0) is 0 Å². The summed E-state index contributed by atoms with van der Waals surface area (Å²) in [5.74, 6) is 0.239. The van der Waals surface area contributed by atoms with Crippen molar-refractivity contribution in [2.24, 2.45) is 0 Å². The Kier molecular flexibility index (Phi) is 5.60. The average Bonchev–Trinajstić information content (AvgIpc) is 2.74. The number of benzene rings is 3. The first kappa shape index (κ1) is 20.2. The quantitative estimate of drug-likeness (QED) is 0.304. The van der Waals surface area contributed by atoms with E-state index in [1.807, 2.05) is 38.1 Å². The van der Waals surface area contributed by atoms with Crippen molar-refractivity contribution in [1.82, 2.24) is 0 Å². The van der Waals surface area contributed by atoms with Gasteiger partial charge in [-0.2, -0.15) is 0 Å². The fourth-order valence-corrected chi connectivity index (χ4v) is 4.00. The summed E-state index contributed by atoms with van der Waals surface area (Å²) in [6, 6.07) is 16.8. The van der Waals surface area contributed by atoms with Gasteiger partial charge >= 0.3 is 0 Å². The number of rotatable bonds is 6. The average molecular weight is 419 g/mol. The van der Waals surface area contributed by atoms with Gasteiger partial charge in [0, 0.05) is 34.9 Å². The SMILES string of the molecule is Cc1ccc(Nc2ccc(NCCCCl)c3c2C(=O)c2ccccc2C3=O)c(C)c1. The smallest absolute Gasteiger partial charge is 0.196 e. The highest BCUT2D eigenvalue weighted by Gasteiger charge is 2.33. The van der Waals surface area contributed by atoms with E-state index in [0.717, 1.165) is 17.7 Å². The van der Waals surface area contributed by atoms with E-state index >= 15 is 0 Å². The van der Waals surface area contributed by atoms with E-state index < -0.39 is 0 Å². The molecule has 0 aromatic heterocycles. The maximum atomic E-state index is 13.4. The molecular weight excluding hydrogens is 396 g/mol. The third kappa shape index (κ3) is 3.59. The van der Waals surface area contributed by atoms with Crippen LogP contribution in [0.4, 0.5) is 17.1 Å². The largest absolute Gasteiger partial charge is 0.384 e. The number of aryl methyl sites for hydroxylation is 2. The number of ketones is 2. The monoisotopic (exact) mass is 418 g/mol. The second-order valence-electron chi connectivity index (χ2n) is 7.53. The van der Waals surface area contributed by atoms with Gasteiger partial charge in [-0.1, -0.05) is 42.0 Å². The predicted octanol–water partition coefficient (Wildman–Crippen LogP) is 5.86. The highest BCUT2D eigenvalue weighted by atomic mass is 35.5. The van der Waals surface area contributed by atoms with E-state index in [-0.39, 0.29) is 11.6 Å². The summed E-state index contributed by atoms with van der Waals surface area (Å²) in [7, 11) is 0. The van der Waals surface area contributed by atoms with Gasteiger partial charge in [0.2, 0.25) is 0 Å². The zero-order valence-electron chi connectivity index (χ0n) is 17.0.